The van der Waals surface area contributed by atoms with E-state index in [1.54, 1.807) is 68.4 Å². The molecular weight excluding hydrogens is 521 g/mol. The lowest BCUT2D eigenvalue weighted by Gasteiger charge is -2.32. The van der Waals surface area contributed by atoms with Crippen molar-refractivity contribution < 1.29 is 18.0 Å². The molecule has 1 N–H and O–H groups in total. The molecule has 0 aliphatic rings. The summed E-state index contributed by atoms with van der Waals surface area (Å²) in [7, 11) is -4.11. The first-order valence-corrected chi connectivity index (χ1v) is 13.5. The predicted octanol–water partition coefficient (Wildman–Crippen LogP) is 4.74. The fraction of sp³-hybridized carbons (Fsp3) is 0.231. The fourth-order valence-electron chi connectivity index (χ4n) is 3.55. The van der Waals surface area contributed by atoms with Gasteiger partial charge in [-0.2, -0.15) is 0 Å². The molecule has 10 heteroatoms. The van der Waals surface area contributed by atoms with Crippen molar-refractivity contribution in [2.75, 3.05) is 17.4 Å². The zero-order valence-corrected chi connectivity index (χ0v) is 22.2. The first-order valence-electron chi connectivity index (χ1n) is 11.3. The molecule has 7 nitrogen and oxygen atoms in total. The first kappa shape index (κ1) is 27.5. The van der Waals surface area contributed by atoms with Gasteiger partial charge in [-0.25, -0.2) is 8.42 Å². The highest BCUT2D eigenvalue weighted by Crippen LogP contribution is 2.26. The van der Waals surface area contributed by atoms with E-state index in [-0.39, 0.29) is 23.0 Å². The van der Waals surface area contributed by atoms with E-state index in [2.05, 4.69) is 5.32 Å². The van der Waals surface area contributed by atoms with Gasteiger partial charge < -0.3 is 10.2 Å². The van der Waals surface area contributed by atoms with Gasteiger partial charge in [-0.1, -0.05) is 53.5 Å². The Morgan fingerprint density at radius 2 is 1.44 bits per heavy atom. The average molecular weight is 548 g/mol. The summed E-state index contributed by atoms with van der Waals surface area (Å²) in [6.07, 6.45) is 0. The number of hydrogen-bond acceptors (Lipinski definition) is 4. The Kier molecular flexibility index (Phi) is 9.37. The van der Waals surface area contributed by atoms with Gasteiger partial charge in [0.15, 0.2) is 0 Å². The van der Waals surface area contributed by atoms with E-state index in [1.807, 2.05) is 0 Å². The van der Waals surface area contributed by atoms with Crippen molar-refractivity contribution in [1.29, 1.82) is 0 Å². The van der Waals surface area contributed by atoms with Crippen LogP contribution in [0.15, 0.2) is 83.8 Å². The van der Waals surface area contributed by atoms with Crippen LogP contribution < -0.4 is 9.62 Å². The minimum Gasteiger partial charge on any atom is -0.355 e. The Balaban J connectivity index is 2.00. The van der Waals surface area contributed by atoms with E-state index in [4.69, 9.17) is 23.2 Å². The quantitative estimate of drug-likeness (QED) is 0.397. The summed E-state index contributed by atoms with van der Waals surface area (Å²) in [6, 6.07) is 20.1. The number of amides is 2. The maximum atomic E-state index is 13.7. The van der Waals surface area contributed by atoms with Crippen molar-refractivity contribution in [1.82, 2.24) is 10.2 Å². The Morgan fingerprint density at radius 1 is 0.889 bits per heavy atom. The highest BCUT2D eigenvalue weighted by Gasteiger charge is 2.32. The molecule has 3 aromatic rings. The van der Waals surface area contributed by atoms with Gasteiger partial charge in [-0.3, -0.25) is 13.9 Å². The second-order valence-corrected chi connectivity index (χ2v) is 10.8. The lowest BCUT2D eigenvalue weighted by Crippen LogP contribution is -2.51. The van der Waals surface area contributed by atoms with Gasteiger partial charge in [0.25, 0.3) is 10.0 Å². The van der Waals surface area contributed by atoms with Crippen LogP contribution in [0.1, 0.15) is 19.4 Å². The predicted molar refractivity (Wildman–Crippen MR) is 143 cm³/mol. The van der Waals surface area contributed by atoms with Gasteiger partial charge >= 0.3 is 0 Å². The van der Waals surface area contributed by atoms with Crippen LogP contribution in [0.5, 0.6) is 0 Å². The average Bonchev–Trinajstić information content (AvgIpc) is 2.87. The van der Waals surface area contributed by atoms with Crippen LogP contribution in [0.2, 0.25) is 10.0 Å². The SMILES string of the molecule is CCNC(=O)C(C)N(Cc1ccc(Cl)cc1)C(=O)CN(c1ccc(Cl)cc1)S(=O)(=O)c1ccccc1. The molecule has 2 amide bonds. The number of hydrogen-bond donors (Lipinski definition) is 1. The molecule has 36 heavy (non-hydrogen) atoms. The summed E-state index contributed by atoms with van der Waals surface area (Å²) >= 11 is 12.0. The highest BCUT2D eigenvalue weighted by molar-refractivity contribution is 7.92. The van der Waals surface area contributed by atoms with Gasteiger partial charge in [0.2, 0.25) is 11.8 Å². The van der Waals surface area contributed by atoms with Crippen LogP contribution in [0.25, 0.3) is 0 Å². The number of likely N-dealkylation sites (N-methyl/N-ethyl adjacent to an activating group) is 1. The summed E-state index contributed by atoms with van der Waals surface area (Å²) in [5, 5.41) is 3.69. The molecule has 0 heterocycles. The lowest BCUT2D eigenvalue weighted by atomic mass is 10.1. The minimum absolute atomic E-state index is 0.0359. The van der Waals surface area contributed by atoms with Crippen LogP contribution in [-0.4, -0.2) is 44.3 Å². The summed E-state index contributed by atoms with van der Waals surface area (Å²) in [6.45, 7) is 3.36. The van der Waals surface area contributed by atoms with Crippen molar-refractivity contribution in [2.24, 2.45) is 0 Å². The molecule has 0 aromatic heterocycles. The van der Waals surface area contributed by atoms with Crippen LogP contribution in [-0.2, 0) is 26.2 Å². The molecule has 0 aliphatic carbocycles. The van der Waals surface area contributed by atoms with Gasteiger partial charge in [0, 0.05) is 23.1 Å². The van der Waals surface area contributed by atoms with E-state index >= 15 is 0 Å². The maximum absolute atomic E-state index is 13.7. The highest BCUT2D eigenvalue weighted by atomic mass is 35.5. The fourth-order valence-corrected chi connectivity index (χ4v) is 5.23. The summed E-state index contributed by atoms with van der Waals surface area (Å²) in [4.78, 5) is 27.7. The van der Waals surface area contributed by atoms with Gasteiger partial charge in [-0.05, 0) is 67.9 Å². The molecule has 0 bridgehead atoms. The molecule has 0 fully saturated rings. The zero-order valence-electron chi connectivity index (χ0n) is 19.9. The second kappa shape index (κ2) is 12.3. The minimum atomic E-state index is -4.11. The monoisotopic (exact) mass is 547 g/mol. The van der Waals surface area contributed by atoms with Crippen LogP contribution in [0, 0.1) is 0 Å². The maximum Gasteiger partial charge on any atom is 0.264 e. The Morgan fingerprint density at radius 3 is 2.00 bits per heavy atom. The summed E-state index contributed by atoms with van der Waals surface area (Å²) in [5.74, 6) is -0.887. The number of carbonyl (C=O) groups is 2. The third-order valence-electron chi connectivity index (χ3n) is 5.51. The van der Waals surface area contributed by atoms with E-state index in [0.717, 1.165) is 9.87 Å². The number of nitrogens with one attached hydrogen (secondary N) is 1. The van der Waals surface area contributed by atoms with Gasteiger partial charge in [0.05, 0.1) is 10.6 Å². The molecule has 3 aromatic carbocycles. The van der Waals surface area contributed by atoms with Gasteiger partial charge in [-0.15, -0.1) is 0 Å². The summed E-state index contributed by atoms with van der Waals surface area (Å²) in [5.41, 5.74) is 1.02. The van der Waals surface area contributed by atoms with E-state index in [0.29, 0.717) is 16.6 Å². The zero-order chi connectivity index (χ0) is 26.3. The van der Waals surface area contributed by atoms with Crippen molar-refractivity contribution in [3.63, 3.8) is 0 Å². The third kappa shape index (κ3) is 6.78. The molecule has 0 spiro atoms. The Bertz CT molecular complexity index is 1290. The normalized spacial score (nSPS) is 12.0. The van der Waals surface area contributed by atoms with Crippen LogP contribution in [0.3, 0.4) is 0 Å². The van der Waals surface area contributed by atoms with Crippen molar-refractivity contribution >= 4 is 50.7 Å². The number of nitrogens with zero attached hydrogens (tertiary/aromatic N) is 2. The van der Waals surface area contributed by atoms with E-state index in [1.165, 1.54) is 29.2 Å². The van der Waals surface area contributed by atoms with Crippen LogP contribution >= 0.6 is 23.2 Å². The van der Waals surface area contributed by atoms with E-state index in [9.17, 15) is 18.0 Å². The Labute approximate surface area is 221 Å². The summed E-state index contributed by atoms with van der Waals surface area (Å²) < 4.78 is 28.2. The number of rotatable bonds is 10. The number of anilines is 1. The molecule has 0 radical (unpaired) electrons. The Hall–Kier alpha value is -3.07. The lowest BCUT2D eigenvalue weighted by molar-refractivity contribution is -0.139. The smallest absolute Gasteiger partial charge is 0.264 e. The van der Waals surface area contributed by atoms with Crippen molar-refractivity contribution in [2.45, 2.75) is 31.3 Å². The number of sulfonamides is 1. The molecule has 0 saturated carbocycles. The molecule has 190 valence electrons. The molecule has 1 atom stereocenters. The second-order valence-electron chi connectivity index (χ2n) is 8.02. The van der Waals surface area contributed by atoms with Gasteiger partial charge in [0.1, 0.15) is 12.6 Å². The molecule has 3 rings (SSSR count). The topological polar surface area (TPSA) is 86.8 Å². The standard InChI is InChI=1S/C26H27Cl2N3O4S/c1-3-29-26(33)19(2)30(17-20-9-11-21(27)12-10-20)25(32)18-31(23-15-13-22(28)14-16-23)36(34,35)24-7-5-4-6-8-24/h4-16,19H,3,17-18H2,1-2H3,(H,29,33). The number of benzene rings is 3. The number of carbonyl (C=O) groups excluding carboxylic acids is 2. The molecule has 1 unspecified atom stereocenters. The molecule has 0 aliphatic heterocycles. The van der Waals surface area contributed by atoms with Crippen LogP contribution in [0.4, 0.5) is 5.69 Å². The number of halogens is 2. The molecular formula is C26H27Cl2N3O4S. The van der Waals surface area contributed by atoms with E-state index < -0.39 is 28.5 Å². The first-order chi connectivity index (χ1) is 17.1. The van der Waals surface area contributed by atoms with Crippen molar-refractivity contribution in [3.8, 4) is 0 Å². The molecule has 0 saturated heterocycles. The largest absolute Gasteiger partial charge is 0.355 e. The third-order valence-corrected chi connectivity index (χ3v) is 7.80. The van der Waals surface area contributed by atoms with Crippen molar-refractivity contribution in [3.05, 3.63) is 94.5 Å².